The fraction of sp³-hybridized carbons (Fsp3) is 0.600. The van der Waals surface area contributed by atoms with Gasteiger partial charge in [-0.25, -0.2) is 0 Å². The highest BCUT2D eigenvalue weighted by Crippen LogP contribution is 2.36. The van der Waals surface area contributed by atoms with Crippen molar-refractivity contribution in [3.8, 4) is 11.5 Å². The largest absolute Gasteiger partial charge is 0.496 e. The minimum absolute atomic E-state index is 0.0418. The molecule has 0 saturated carbocycles. The first-order valence-electron chi connectivity index (χ1n) is 6.34. The molecule has 0 fully saturated rings. The second-order valence-corrected chi connectivity index (χ2v) is 5.47. The molecule has 0 atom stereocenters. The van der Waals surface area contributed by atoms with Crippen molar-refractivity contribution in [2.45, 2.75) is 32.6 Å². The summed E-state index contributed by atoms with van der Waals surface area (Å²) in [6.07, 6.45) is 0.931. The highest BCUT2D eigenvalue weighted by atomic mass is 16.5. The van der Waals surface area contributed by atoms with Crippen LogP contribution in [0.4, 0.5) is 0 Å². The van der Waals surface area contributed by atoms with Crippen molar-refractivity contribution in [3.63, 3.8) is 0 Å². The van der Waals surface area contributed by atoms with E-state index in [0.717, 1.165) is 24.5 Å². The van der Waals surface area contributed by atoms with Crippen LogP contribution in [0.5, 0.6) is 11.5 Å². The first-order valence-corrected chi connectivity index (χ1v) is 6.34. The summed E-state index contributed by atoms with van der Waals surface area (Å²) in [7, 11) is 5.39. The van der Waals surface area contributed by atoms with E-state index in [1.165, 1.54) is 11.1 Å². The van der Waals surface area contributed by atoms with E-state index in [0.29, 0.717) is 0 Å². The van der Waals surface area contributed by atoms with Crippen LogP contribution < -0.4 is 14.8 Å². The molecule has 18 heavy (non-hydrogen) atoms. The lowest BCUT2D eigenvalue weighted by atomic mass is 9.85. The molecule has 0 aromatic heterocycles. The molecule has 102 valence electrons. The van der Waals surface area contributed by atoms with Crippen LogP contribution in [0, 0.1) is 0 Å². The zero-order valence-electron chi connectivity index (χ0n) is 12.4. The van der Waals surface area contributed by atoms with Crippen molar-refractivity contribution in [2.24, 2.45) is 0 Å². The van der Waals surface area contributed by atoms with Crippen LogP contribution >= 0.6 is 0 Å². The lowest BCUT2D eigenvalue weighted by Crippen LogP contribution is -2.15. The number of methoxy groups -OCH3 is 2. The third-order valence-electron chi connectivity index (χ3n) is 3.05. The molecule has 0 radical (unpaired) electrons. The molecule has 1 N–H and O–H groups in total. The van der Waals surface area contributed by atoms with Gasteiger partial charge in [0, 0.05) is 5.56 Å². The molecule has 0 bridgehead atoms. The van der Waals surface area contributed by atoms with Gasteiger partial charge in [0.05, 0.1) is 14.2 Å². The van der Waals surface area contributed by atoms with Gasteiger partial charge >= 0.3 is 0 Å². The van der Waals surface area contributed by atoms with Crippen LogP contribution in [0.2, 0.25) is 0 Å². The second-order valence-electron chi connectivity index (χ2n) is 5.47. The Bertz CT molecular complexity index is 394. The first-order chi connectivity index (χ1) is 8.43. The SMILES string of the molecule is CNCCc1cc(OC)c(C(C)(C)C)cc1OC. The maximum Gasteiger partial charge on any atom is 0.123 e. The zero-order valence-corrected chi connectivity index (χ0v) is 12.4. The van der Waals surface area contributed by atoms with Gasteiger partial charge in [0.25, 0.3) is 0 Å². The predicted molar refractivity (Wildman–Crippen MR) is 75.9 cm³/mol. The van der Waals surface area contributed by atoms with Gasteiger partial charge in [-0.3, -0.25) is 0 Å². The minimum Gasteiger partial charge on any atom is -0.496 e. The fourth-order valence-corrected chi connectivity index (χ4v) is 2.00. The lowest BCUT2D eigenvalue weighted by Gasteiger charge is -2.24. The third-order valence-corrected chi connectivity index (χ3v) is 3.05. The zero-order chi connectivity index (χ0) is 13.8. The molecule has 0 spiro atoms. The maximum atomic E-state index is 5.52. The normalized spacial score (nSPS) is 11.4. The van der Waals surface area contributed by atoms with Crippen LogP contribution in [0.3, 0.4) is 0 Å². The fourth-order valence-electron chi connectivity index (χ4n) is 2.00. The number of benzene rings is 1. The Labute approximate surface area is 110 Å². The molecule has 0 aliphatic carbocycles. The third kappa shape index (κ3) is 3.39. The van der Waals surface area contributed by atoms with Crippen LogP contribution in [-0.2, 0) is 11.8 Å². The summed E-state index contributed by atoms with van der Waals surface area (Å²) in [4.78, 5) is 0. The average molecular weight is 251 g/mol. The summed E-state index contributed by atoms with van der Waals surface area (Å²) in [5.41, 5.74) is 2.40. The van der Waals surface area contributed by atoms with E-state index in [4.69, 9.17) is 9.47 Å². The van der Waals surface area contributed by atoms with Crippen molar-refractivity contribution in [3.05, 3.63) is 23.3 Å². The maximum absolute atomic E-state index is 5.52. The summed E-state index contributed by atoms with van der Waals surface area (Å²) >= 11 is 0. The molecule has 0 aliphatic heterocycles. The highest BCUT2D eigenvalue weighted by molar-refractivity contribution is 5.49. The van der Waals surface area contributed by atoms with E-state index in [9.17, 15) is 0 Å². The number of nitrogens with one attached hydrogen (secondary N) is 1. The van der Waals surface area contributed by atoms with E-state index < -0.39 is 0 Å². The first kappa shape index (κ1) is 14.8. The van der Waals surface area contributed by atoms with Crippen molar-refractivity contribution in [1.29, 1.82) is 0 Å². The molecule has 3 heteroatoms. The highest BCUT2D eigenvalue weighted by Gasteiger charge is 2.21. The van der Waals surface area contributed by atoms with Crippen LogP contribution in [0.1, 0.15) is 31.9 Å². The van der Waals surface area contributed by atoms with Gasteiger partial charge in [-0.1, -0.05) is 20.8 Å². The van der Waals surface area contributed by atoms with Crippen molar-refractivity contribution in [2.75, 3.05) is 27.8 Å². The summed E-state index contributed by atoms with van der Waals surface area (Å²) in [5.74, 6) is 1.88. The average Bonchev–Trinajstić information content (AvgIpc) is 2.33. The summed E-state index contributed by atoms with van der Waals surface area (Å²) in [6.45, 7) is 7.46. The molecule has 3 nitrogen and oxygen atoms in total. The van der Waals surface area contributed by atoms with Gasteiger partial charge in [-0.2, -0.15) is 0 Å². The van der Waals surface area contributed by atoms with Gasteiger partial charge in [-0.05, 0) is 43.1 Å². The monoisotopic (exact) mass is 251 g/mol. The van der Waals surface area contributed by atoms with E-state index in [1.807, 2.05) is 7.05 Å². The van der Waals surface area contributed by atoms with Gasteiger partial charge in [0.1, 0.15) is 11.5 Å². The lowest BCUT2D eigenvalue weighted by molar-refractivity contribution is 0.384. The number of rotatable bonds is 5. The van der Waals surface area contributed by atoms with Crippen molar-refractivity contribution >= 4 is 0 Å². The number of likely N-dealkylation sites (N-methyl/N-ethyl adjacent to an activating group) is 1. The summed E-state index contributed by atoms with van der Waals surface area (Å²) < 4.78 is 11.0. The Morgan fingerprint density at radius 3 is 2.11 bits per heavy atom. The molecule has 1 aromatic rings. The molecule has 0 saturated heterocycles. The standard InChI is InChI=1S/C15H25NO2/c1-15(2,3)12-10-13(17-5)11(7-8-16-4)9-14(12)18-6/h9-10,16H,7-8H2,1-6H3. The Balaban J connectivity index is 3.23. The smallest absolute Gasteiger partial charge is 0.123 e. The molecule has 0 aliphatic rings. The Morgan fingerprint density at radius 1 is 1.06 bits per heavy atom. The molecule has 1 aromatic carbocycles. The Kier molecular flexibility index (Phi) is 5.03. The molecule has 0 unspecified atom stereocenters. The quantitative estimate of drug-likeness (QED) is 0.873. The van der Waals surface area contributed by atoms with E-state index in [-0.39, 0.29) is 5.41 Å². The second kappa shape index (κ2) is 6.10. The summed E-state index contributed by atoms with van der Waals surface area (Å²) in [6, 6.07) is 4.20. The molecule has 0 amide bonds. The van der Waals surface area contributed by atoms with Gasteiger partial charge in [-0.15, -0.1) is 0 Å². The predicted octanol–water partition coefficient (Wildman–Crippen LogP) is 2.76. The van der Waals surface area contributed by atoms with Crippen LogP contribution in [-0.4, -0.2) is 27.8 Å². The summed E-state index contributed by atoms with van der Waals surface area (Å²) in [5, 5.41) is 3.15. The Morgan fingerprint density at radius 2 is 1.67 bits per heavy atom. The van der Waals surface area contributed by atoms with Crippen LogP contribution in [0.25, 0.3) is 0 Å². The molecular formula is C15H25NO2. The molecular weight excluding hydrogens is 226 g/mol. The van der Waals surface area contributed by atoms with Crippen molar-refractivity contribution < 1.29 is 9.47 Å². The van der Waals surface area contributed by atoms with E-state index in [2.05, 4.69) is 38.2 Å². The minimum atomic E-state index is 0.0418. The Hall–Kier alpha value is -1.22. The van der Waals surface area contributed by atoms with Gasteiger partial charge in [0.15, 0.2) is 0 Å². The van der Waals surface area contributed by atoms with Gasteiger partial charge in [0.2, 0.25) is 0 Å². The van der Waals surface area contributed by atoms with E-state index in [1.54, 1.807) is 14.2 Å². The molecule has 0 heterocycles. The number of hydrogen-bond acceptors (Lipinski definition) is 3. The number of hydrogen-bond donors (Lipinski definition) is 1. The topological polar surface area (TPSA) is 30.5 Å². The van der Waals surface area contributed by atoms with Crippen LogP contribution in [0.15, 0.2) is 12.1 Å². The van der Waals surface area contributed by atoms with Crippen molar-refractivity contribution in [1.82, 2.24) is 5.32 Å². The number of ether oxygens (including phenoxy) is 2. The van der Waals surface area contributed by atoms with E-state index >= 15 is 0 Å². The van der Waals surface area contributed by atoms with Gasteiger partial charge < -0.3 is 14.8 Å². The molecule has 1 rings (SSSR count).